The first-order chi connectivity index (χ1) is 12.2. The molecule has 7 heteroatoms. The number of nitrogens with zero attached hydrogens (tertiary/aromatic N) is 5. The molecule has 0 bridgehead atoms. The molecule has 0 atom stereocenters. The van der Waals surface area contributed by atoms with Crippen molar-refractivity contribution >= 4 is 23.7 Å². The Morgan fingerprint density at radius 3 is 2.69 bits per heavy atom. The van der Waals surface area contributed by atoms with Crippen molar-refractivity contribution in [3.8, 4) is 6.07 Å². The van der Waals surface area contributed by atoms with Crippen LogP contribution in [0.4, 0.5) is 10.5 Å². The topological polar surface area (TPSA) is 81.8 Å². The van der Waals surface area contributed by atoms with E-state index in [-0.39, 0.29) is 11.8 Å². The van der Waals surface area contributed by atoms with Crippen molar-refractivity contribution in [2.45, 2.75) is 32.8 Å². The molecule has 0 aromatic carbocycles. The molecule has 2 heterocycles. The van der Waals surface area contributed by atoms with Crippen molar-refractivity contribution in [3.63, 3.8) is 0 Å². The Hall–Kier alpha value is -2.88. The number of carbonyl (C=O) groups excluding carboxylic acids is 1. The van der Waals surface area contributed by atoms with E-state index in [1.54, 1.807) is 22.2 Å². The SMILES string of the molecule is CN(C)/C=N/c1ccc(C2=CCN(C(=O)OC(C)(C)C)CC2)nc1C#N. The Morgan fingerprint density at radius 2 is 2.15 bits per heavy atom. The Kier molecular flexibility index (Phi) is 5.98. The molecule has 0 aliphatic carbocycles. The molecule has 0 unspecified atom stereocenters. The van der Waals surface area contributed by atoms with E-state index in [9.17, 15) is 10.1 Å². The van der Waals surface area contributed by atoms with Gasteiger partial charge in [-0.3, -0.25) is 0 Å². The quantitative estimate of drug-likeness (QED) is 0.614. The van der Waals surface area contributed by atoms with Gasteiger partial charge in [0.05, 0.1) is 12.0 Å². The van der Waals surface area contributed by atoms with E-state index in [0.29, 0.717) is 25.2 Å². The van der Waals surface area contributed by atoms with Crippen molar-refractivity contribution < 1.29 is 9.53 Å². The summed E-state index contributed by atoms with van der Waals surface area (Å²) in [6, 6.07) is 5.75. The fourth-order valence-corrected chi connectivity index (χ4v) is 2.39. The van der Waals surface area contributed by atoms with Crippen LogP contribution < -0.4 is 0 Å². The van der Waals surface area contributed by atoms with Crippen LogP contribution in [0.1, 0.15) is 38.6 Å². The van der Waals surface area contributed by atoms with Gasteiger partial charge in [0.25, 0.3) is 0 Å². The van der Waals surface area contributed by atoms with E-state index >= 15 is 0 Å². The molecule has 1 aliphatic heterocycles. The number of aromatic nitrogens is 1. The van der Waals surface area contributed by atoms with Gasteiger partial charge >= 0.3 is 6.09 Å². The number of rotatable bonds is 3. The Bertz CT molecular complexity index is 769. The van der Waals surface area contributed by atoms with Crippen molar-refractivity contribution in [2.24, 2.45) is 4.99 Å². The van der Waals surface area contributed by atoms with Crippen molar-refractivity contribution in [2.75, 3.05) is 27.2 Å². The highest BCUT2D eigenvalue weighted by molar-refractivity contribution is 5.73. The predicted molar refractivity (Wildman–Crippen MR) is 101 cm³/mol. The standard InChI is InChI=1S/C19H25N5O2/c1-19(2,3)26-18(25)24-10-8-14(9-11-24)15-6-7-16(17(12-20)22-15)21-13-23(4)5/h6-8,13H,9-11H2,1-5H3/b21-13+. The monoisotopic (exact) mass is 355 g/mol. The Morgan fingerprint density at radius 1 is 1.42 bits per heavy atom. The first kappa shape index (κ1) is 19.4. The van der Waals surface area contributed by atoms with Crippen LogP contribution in [0.25, 0.3) is 5.57 Å². The summed E-state index contributed by atoms with van der Waals surface area (Å²) in [5.74, 6) is 0. The molecule has 0 N–H and O–H groups in total. The molecule has 1 aromatic rings. The fourth-order valence-electron chi connectivity index (χ4n) is 2.39. The lowest BCUT2D eigenvalue weighted by atomic mass is 10.0. The van der Waals surface area contributed by atoms with Gasteiger partial charge in [-0.1, -0.05) is 6.08 Å². The van der Waals surface area contributed by atoms with Crippen LogP contribution in [0.15, 0.2) is 23.2 Å². The molecule has 0 saturated carbocycles. The molecule has 0 spiro atoms. The number of hydrogen-bond donors (Lipinski definition) is 0. The second-order valence-corrected chi connectivity index (χ2v) is 7.29. The van der Waals surface area contributed by atoms with Crippen molar-refractivity contribution in [1.29, 1.82) is 5.26 Å². The van der Waals surface area contributed by atoms with Gasteiger partial charge in [0.15, 0.2) is 5.69 Å². The van der Waals surface area contributed by atoms with E-state index in [1.165, 1.54) is 0 Å². The van der Waals surface area contributed by atoms with E-state index in [4.69, 9.17) is 4.74 Å². The van der Waals surface area contributed by atoms with Gasteiger partial charge in [-0.2, -0.15) is 5.26 Å². The molecule has 26 heavy (non-hydrogen) atoms. The van der Waals surface area contributed by atoms with Crippen LogP contribution in [-0.4, -0.2) is 60.0 Å². The normalized spacial score (nSPS) is 14.8. The number of aliphatic imine (C=N–C) groups is 1. The lowest BCUT2D eigenvalue weighted by Gasteiger charge is -2.29. The molecule has 0 fully saturated rings. The highest BCUT2D eigenvalue weighted by atomic mass is 16.6. The van der Waals surface area contributed by atoms with Crippen LogP contribution >= 0.6 is 0 Å². The summed E-state index contributed by atoms with van der Waals surface area (Å²) in [4.78, 5) is 24.3. The summed E-state index contributed by atoms with van der Waals surface area (Å²) in [5, 5.41) is 9.34. The maximum atomic E-state index is 12.1. The minimum atomic E-state index is -0.507. The minimum absolute atomic E-state index is 0.288. The zero-order valence-electron chi connectivity index (χ0n) is 16.0. The average Bonchev–Trinajstić information content (AvgIpc) is 2.58. The van der Waals surface area contributed by atoms with Crippen LogP contribution in [0.2, 0.25) is 0 Å². The number of ether oxygens (including phenoxy) is 1. The molecule has 7 nitrogen and oxygen atoms in total. The summed E-state index contributed by atoms with van der Waals surface area (Å²) in [6.45, 7) is 6.58. The van der Waals surface area contributed by atoms with E-state index in [2.05, 4.69) is 16.0 Å². The predicted octanol–water partition coefficient (Wildman–Crippen LogP) is 3.20. The maximum Gasteiger partial charge on any atom is 0.410 e. The zero-order chi connectivity index (χ0) is 19.3. The number of hydrogen-bond acceptors (Lipinski definition) is 5. The molecule has 0 radical (unpaired) electrons. The van der Waals surface area contributed by atoms with E-state index < -0.39 is 5.60 Å². The summed E-state index contributed by atoms with van der Waals surface area (Å²) in [5.41, 5.74) is 2.08. The molecular formula is C19H25N5O2. The summed E-state index contributed by atoms with van der Waals surface area (Å²) < 4.78 is 5.40. The van der Waals surface area contributed by atoms with Crippen LogP contribution in [0.3, 0.4) is 0 Å². The van der Waals surface area contributed by atoms with Gasteiger partial charge in [-0.15, -0.1) is 0 Å². The third kappa shape index (κ3) is 5.31. The zero-order valence-corrected chi connectivity index (χ0v) is 16.0. The number of amides is 1. The molecular weight excluding hydrogens is 330 g/mol. The largest absolute Gasteiger partial charge is 0.444 e. The number of carbonyl (C=O) groups is 1. The second kappa shape index (κ2) is 8.00. The molecule has 2 rings (SSSR count). The van der Waals surface area contributed by atoms with Gasteiger partial charge in [0.1, 0.15) is 17.4 Å². The third-order valence-electron chi connectivity index (χ3n) is 3.60. The molecule has 1 aliphatic rings. The summed E-state index contributed by atoms with van der Waals surface area (Å²) in [7, 11) is 3.72. The highest BCUT2D eigenvalue weighted by Gasteiger charge is 2.24. The highest BCUT2D eigenvalue weighted by Crippen LogP contribution is 2.25. The summed E-state index contributed by atoms with van der Waals surface area (Å²) in [6.07, 6.45) is 3.94. The number of pyridine rings is 1. The lowest BCUT2D eigenvalue weighted by Crippen LogP contribution is -2.39. The minimum Gasteiger partial charge on any atom is -0.444 e. The van der Waals surface area contributed by atoms with Crippen molar-refractivity contribution in [3.05, 3.63) is 29.6 Å². The first-order valence-corrected chi connectivity index (χ1v) is 8.48. The average molecular weight is 355 g/mol. The van der Waals surface area contributed by atoms with Crippen LogP contribution in [0, 0.1) is 11.3 Å². The Labute approximate surface area is 154 Å². The van der Waals surface area contributed by atoms with E-state index in [1.807, 2.05) is 47.0 Å². The molecule has 138 valence electrons. The third-order valence-corrected chi connectivity index (χ3v) is 3.60. The van der Waals surface area contributed by atoms with Crippen LogP contribution in [0.5, 0.6) is 0 Å². The Balaban J connectivity index is 2.13. The molecule has 1 amide bonds. The second-order valence-electron chi connectivity index (χ2n) is 7.29. The molecule has 1 aromatic heterocycles. The first-order valence-electron chi connectivity index (χ1n) is 8.48. The smallest absolute Gasteiger partial charge is 0.410 e. The maximum absolute atomic E-state index is 12.1. The van der Waals surface area contributed by atoms with E-state index in [0.717, 1.165) is 11.3 Å². The van der Waals surface area contributed by atoms with Gasteiger partial charge in [-0.25, -0.2) is 14.8 Å². The van der Waals surface area contributed by atoms with Gasteiger partial charge in [0.2, 0.25) is 0 Å². The van der Waals surface area contributed by atoms with Gasteiger partial charge in [0, 0.05) is 27.2 Å². The number of nitriles is 1. The lowest BCUT2D eigenvalue weighted by molar-refractivity contribution is 0.0270. The van der Waals surface area contributed by atoms with Gasteiger partial charge < -0.3 is 14.5 Å². The summed E-state index contributed by atoms with van der Waals surface area (Å²) >= 11 is 0. The fraction of sp³-hybridized carbons (Fsp3) is 0.474. The molecule has 0 saturated heterocycles. The van der Waals surface area contributed by atoms with Crippen molar-refractivity contribution in [1.82, 2.24) is 14.8 Å². The van der Waals surface area contributed by atoms with Gasteiger partial charge in [-0.05, 0) is 44.9 Å². The van der Waals surface area contributed by atoms with Crippen LogP contribution in [-0.2, 0) is 4.74 Å².